The first-order chi connectivity index (χ1) is 7.70. The molecule has 0 aliphatic carbocycles. The molecule has 1 fully saturated rings. The van der Waals surface area contributed by atoms with Gasteiger partial charge in [-0.15, -0.1) is 0 Å². The van der Waals surface area contributed by atoms with Crippen LogP contribution in [0.4, 0.5) is 0 Å². The molecule has 1 atom stereocenters. The van der Waals surface area contributed by atoms with Gasteiger partial charge in [-0.1, -0.05) is 23.7 Å². The van der Waals surface area contributed by atoms with Crippen molar-refractivity contribution in [2.24, 2.45) is 0 Å². The predicted octanol–water partition coefficient (Wildman–Crippen LogP) is 1.77. The average molecular weight is 239 g/mol. The van der Waals surface area contributed by atoms with Crippen LogP contribution in [0.2, 0.25) is 5.02 Å². The molecular formula is C12H15ClN2O. The van der Waals surface area contributed by atoms with Crippen LogP contribution in [0.3, 0.4) is 0 Å². The first-order valence-electron chi connectivity index (χ1n) is 5.42. The van der Waals surface area contributed by atoms with Crippen molar-refractivity contribution in [3.8, 4) is 0 Å². The van der Waals surface area contributed by atoms with Crippen molar-refractivity contribution in [3.05, 3.63) is 34.9 Å². The molecule has 16 heavy (non-hydrogen) atoms. The summed E-state index contributed by atoms with van der Waals surface area (Å²) in [7, 11) is 1.84. The van der Waals surface area contributed by atoms with Crippen molar-refractivity contribution in [3.63, 3.8) is 0 Å². The van der Waals surface area contributed by atoms with Crippen molar-refractivity contribution < 1.29 is 4.79 Å². The molecule has 0 bridgehead atoms. The van der Waals surface area contributed by atoms with Crippen molar-refractivity contribution in [1.29, 1.82) is 0 Å². The molecule has 86 valence electrons. The highest BCUT2D eigenvalue weighted by atomic mass is 35.5. The lowest BCUT2D eigenvalue weighted by Crippen LogP contribution is -2.38. The molecule has 1 aromatic carbocycles. The Hall–Kier alpha value is -1.06. The molecule has 3 nitrogen and oxygen atoms in total. The van der Waals surface area contributed by atoms with Crippen LogP contribution in [-0.4, -0.2) is 37.0 Å². The van der Waals surface area contributed by atoms with E-state index in [1.54, 1.807) is 17.0 Å². The Morgan fingerprint density at radius 3 is 2.88 bits per heavy atom. The second-order valence-electron chi connectivity index (χ2n) is 4.04. The number of hydrogen-bond donors (Lipinski definition) is 1. The van der Waals surface area contributed by atoms with Gasteiger partial charge in [0.1, 0.15) is 0 Å². The van der Waals surface area contributed by atoms with Gasteiger partial charge in [-0.3, -0.25) is 4.79 Å². The maximum absolute atomic E-state index is 12.2. The lowest BCUT2D eigenvalue weighted by Gasteiger charge is -2.24. The molecule has 0 aromatic heterocycles. The molecule has 4 heteroatoms. The largest absolute Gasteiger partial charge is 0.337 e. The van der Waals surface area contributed by atoms with Gasteiger partial charge >= 0.3 is 0 Å². The topological polar surface area (TPSA) is 32.3 Å². The molecule has 1 aliphatic heterocycles. The SMILES string of the molecule is CN(C(=O)c1ccccc1Cl)C1CCNC1. The second kappa shape index (κ2) is 4.85. The number of hydrogen-bond acceptors (Lipinski definition) is 2. The monoisotopic (exact) mass is 238 g/mol. The molecule has 2 rings (SSSR count). The van der Waals surface area contributed by atoms with Gasteiger partial charge < -0.3 is 10.2 Å². The number of amides is 1. The molecule has 1 unspecified atom stereocenters. The minimum Gasteiger partial charge on any atom is -0.337 e. The summed E-state index contributed by atoms with van der Waals surface area (Å²) < 4.78 is 0. The van der Waals surface area contributed by atoms with E-state index in [1.807, 2.05) is 19.2 Å². The van der Waals surface area contributed by atoms with Crippen LogP contribution in [0.15, 0.2) is 24.3 Å². The van der Waals surface area contributed by atoms with Crippen LogP contribution >= 0.6 is 11.6 Å². The molecule has 0 saturated carbocycles. The number of nitrogens with one attached hydrogen (secondary N) is 1. The number of carbonyl (C=O) groups is 1. The Balaban J connectivity index is 2.15. The number of halogens is 1. The van der Waals surface area contributed by atoms with E-state index in [9.17, 15) is 4.79 Å². The Labute approximate surface area is 100 Å². The molecule has 1 aromatic rings. The van der Waals surface area contributed by atoms with Crippen molar-refractivity contribution in [2.45, 2.75) is 12.5 Å². The Bertz CT molecular complexity index is 388. The summed E-state index contributed by atoms with van der Waals surface area (Å²) in [5.41, 5.74) is 0.582. The van der Waals surface area contributed by atoms with Crippen LogP contribution in [-0.2, 0) is 0 Å². The third-order valence-corrected chi connectivity index (χ3v) is 3.34. The van der Waals surface area contributed by atoms with E-state index in [-0.39, 0.29) is 11.9 Å². The van der Waals surface area contributed by atoms with Crippen molar-refractivity contribution >= 4 is 17.5 Å². The fraction of sp³-hybridized carbons (Fsp3) is 0.417. The van der Waals surface area contributed by atoms with Gasteiger partial charge in [0, 0.05) is 19.6 Å². The summed E-state index contributed by atoms with van der Waals surface area (Å²) in [4.78, 5) is 13.9. The van der Waals surface area contributed by atoms with Gasteiger partial charge in [-0.2, -0.15) is 0 Å². The standard InChI is InChI=1S/C12H15ClN2O/c1-15(9-6-7-14-8-9)12(16)10-4-2-3-5-11(10)13/h2-5,9,14H,6-8H2,1H3. The third kappa shape index (κ3) is 2.20. The number of benzene rings is 1. The number of likely N-dealkylation sites (N-methyl/N-ethyl adjacent to an activating group) is 1. The van der Waals surface area contributed by atoms with Gasteiger partial charge in [0.05, 0.1) is 10.6 Å². The molecule has 1 saturated heterocycles. The normalized spacial score (nSPS) is 19.8. The summed E-state index contributed by atoms with van der Waals surface area (Å²) >= 11 is 6.01. The summed E-state index contributed by atoms with van der Waals surface area (Å²) in [5.74, 6) is -0.000648. The average Bonchev–Trinajstić information content (AvgIpc) is 2.81. The van der Waals surface area contributed by atoms with Crippen LogP contribution < -0.4 is 5.32 Å². The second-order valence-corrected chi connectivity index (χ2v) is 4.45. The molecule has 1 heterocycles. The summed E-state index contributed by atoms with van der Waals surface area (Å²) in [6, 6.07) is 7.46. The summed E-state index contributed by atoms with van der Waals surface area (Å²) in [6.07, 6.45) is 1.01. The van der Waals surface area contributed by atoms with Gasteiger partial charge in [-0.25, -0.2) is 0 Å². The maximum Gasteiger partial charge on any atom is 0.255 e. The lowest BCUT2D eigenvalue weighted by atomic mass is 10.1. The van der Waals surface area contributed by atoms with E-state index >= 15 is 0 Å². The lowest BCUT2D eigenvalue weighted by molar-refractivity contribution is 0.0744. The highest BCUT2D eigenvalue weighted by molar-refractivity contribution is 6.33. The molecule has 1 aliphatic rings. The van der Waals surface area contributed by atoms with Gasteiger partial charge in [0.15, 0.2) is 0 Å². The van der Waals surface area contributed by atoms with Gasteiger partial charge in [0.2, 0.25) is 0 Å². The predicted molar refractivity (Wildman–Crippen MR) is 64.8 cm³/mol. The third-order valence-electron chi connectivity index (χ3n) is 3.01. The van der Waals surface area contributed by atoms with Gasteiger partial charge in [0.25, 0.3) is 5.91 Å². The summed E-state index contributed by atoms with van der Waals surface area (Å²) in [5, 5.41) is 3.77. The fourth-order valence-electron chi connectivity index (χ4n) is 1.96. The van der Waals surface area contributed by atoms with E-state index in [1.165, 1.54) is 0 Å². The van der Waals surface area contributed by atoms with Gasteiger partial charge in [-0.05, 0) is 25.1 Å². The first kappa shape index (κ1) is 11.4. The van der Waals surface area contributed by atoms with Crippen molar-refractivity contribution in [1.82, 2.24) is 10.2 Å². The Kier molecular flexibility index (Phi) is 3.46. The molecular weight excluding hydrogens is 224 g/mol. The molecule has 1 N–H and O–H groups in total. The maximum atomic E-state index is 12.2. The molecule has 1 amide bonds. The smallest absolute Gasteiger partial charge is 0.255 e. The quantitative estimate of drug-likeness (QED) is 0.852. The number of rotatable bonds is 2. The zero-order valence-corrected chi connectivity index (χ0v) is 10.00. The first-order valence-corrected chi connectivity index (χ1v) is 5.80. The minimum atomic E-state index is -0.000648. The van der Waals surface area contributed by atoms with Crippen LogP contribution in [0, 0.1) is 0 Å². The van der Waals surface area contributed by atoms with Crippen LogP contribution in [0.1, 0.15) is 16.8 Å². The number of nitrogens with zero attached hydrogens (tertiary/aromatic N) is 1. The van der Waals surface area contributed by atoms with Crippen molar-refractivity contribution in [2.75, 3.05) is 20.1 Å². The van der Waals surface area contributed by atoms with E-state index < -0.39 is 0 Å². The highest BCUT2D eigenvalue weighted by Crippen LogP contribution is 2.18. The Morgan fingerprint density at radius 1 is 1.50 bits per heavy atom. The van der Waals surface area contributed by atoms with E-state index in [0.29, 0.717) is 10.6 Å². The van der Waals surface area contributed by atoms with E-state index in [4.69, 9.17) is 11.6 Å². The zero-order valence-electron chi connectivity index (χ0n) is 9.24. The minimum absolute atomic E-state index is 0.000648. The van der Waals surface area contributed by atoms with Crippen LogP contribution in [0.5, 0.6) is 0 Å². The zero-order chi connectivity index (χ0) is 11.5. The Morgan fingerprint density at radius 2 is 2.25 bits per heavy atom. The molecule has 0 radical (unpaired) electrons. The molecule has 0 spiro atoms. The van der Waals surface area contributed by atoms with E-state index in [0.717, 1.165) is 19.5 Å². The fourth-order valence-corrected chi connectivity index (χ4v) is 2.18. The van der Waals surface area contributed by atoms with E-state index in [2.05, 4.69) is 5.32 Å². The highest BCUT2D eigenvalue weighted by Gasteiger charge is 2.24. The summed E-state index contributed by atoms with van der Waals surface area (Å²) in [6.45, 7) is 1.84. The van der Waals surface area contributed by atoms with Crippen LogP contribution in [0.25, 0.3) is 0 Å². The number of carbonyl (C=O) groups excluding carboxylic acids is 1.